The lowest BCUT2D eigenvalue weighted by atomic mass is 9.69. The summed E-state index contributed by atoms with van der Waals surface area (Å²) in [4.78, 5) is 0. The van der Waals surface area contributed by atoms with Gasteiger partial charge in [0.15, 0.2) is 69.0 Å². The molecule has 9 heterocycles. The molecule has 6 aromatic carbocycles. The van der Waals surface area contributed by atoms with Gasteiger partial charge in [0.05, 0.1) is 113 Å². The number of fused-ring (bicyclic) bond motifs is 24. The summed E-state index contributed by atoms with van der Waals surface area (Å²) in [5, 5.41) is 49.3. The van der Waals surface area contributed by atoms with Crippen molar-refractivity contribution in [1.29, 1.82) is 0 Å². The highest BCUT2D eigenvalue weighted by atomic mass is 32.4. The fraction of sp³-hybridized carbons (Fsp3) is 0.455. The van der Waals surface area contributed by atoms with E-state index in [1.807, 2.05) is 18.2 Å². The Morgan fingerprint density at radius 2 is 0.652 bits per heavy atom. The predicted octanol–water partition coefficient (Wildman–Crippen LogP) is 6.56. The molecule has 21 nitrogen and oxygen atoms in total. The van der Waals surface area contributed by atoms with E-state index in [9.17, 15) is 15.3 Å². The summed E-state index contributed by atoms with van der Waals surface area (Å²) in [5.41, 5.74) is 13.0. The molecule has 0 saturated carbocycles. The maximum atomic E-state index is 12.4. The van der Waals surface area contributed by atoms with Gasteiger partial charge in [-0.1, -0.05) is 18.2 Å². The Bertz CT molecular complexity index is 3650. The molecule has 0 saturated heterocycles. The number of rotatable bonds is 12. The van der Waals surface area contributed by atoms with Gasteiger partial charge in [0, 0.05) is 16.7 Å². The molecule has 2 unspecified atom stereocenters. The summed E-state index contributed by atoms with van der Waals surface area (Å²) >= 11 is 7.08. The number of hydrogen-bond acceptors (Lipinski definition) is 16. The largest absolute Gasteiger partial charge is 0.454 e. The lowest BCUT2D eigenvalue weighted by Crippen LogP contribution is -2.58. The van der Waals surface area contributed by atoms with Gasteiger partial charge in [-0.15, -0.1) is 0 Å². The van der Waals surface area contributed by atoms with Crippen LogP contribution in [0.5, 0.6) is 69.0 Å². The molecular weight excluding hydrogens is 1180 g/mol. The summed E-state index contributed by atoms with van der Waals surface area (Å²) in [6.45, 7) is 3.20. The van der Waals surface area contributed by atoms with Crippen molar-refractivity contribution in [2.75, 3.05) is 101 Å². The lowest BCUT2D eigenvalue weighted by Gasteiger charge is -2.53. The molecule has 0 radical (unpaired) electrons. The van der Waals surface area contributed by atoms with Gasteiger partial charge in [-0.25, -0.2) is 0 Å². The van der Waals surface area contributed by atoms with E-state index in [4.69, 9.17) is 68.6 Å². The zero-order valence-electron chi connectivity index (χ0n) is 49.8. The van der Waals surface area contributed by atoms with E-state index in [-0.39, 0.29) is 76.6 Å². The number of benzene rings is 6. The van der Waals surface area contributed by atoms with Gasteiger partial charge in [-0.3, -0.25) is 15.3 Å². The molecule has 23 heteroatoms. The Kier molecular flexibility index (Phi) is 12.4. The minimum Gasteiger partial charge on any atom is -0.454 e. The van der Waals surface area contributed by atoms with Crippen molar-refractivity contribution in [2.45, 2.75) is 93.1 Å². The SMILES string of the molecule is C[N+]1(CCNP(=S)(NCC[N+]2(C)Cc3c(ccc4c3OCO4)[C@@H]3[C@H]2c2cc4c(cc2C[C@@H]3O)OCO4)NCC[N@+]2(C)Cc3c(ccc4c3OCO4)[C@@H]3[C@H]2c2cc4c(cc2C[C@@H]3O)OCO4)Cc2c(ccc3c2OCO3)[C@@H]2[C@H]1c1cc3c(cc1C[C@@H]2O)OCO3. The second-order valence-electron chi connectivity index (χ2n) is 27.0. The van der Waals surface area contributed by atoms with E-state index in [1.54, 1.807) is 0 Å². The predicted molar refractivity (Wildman–Crippen MR) is 324 cm³/mol. The van der Waals surface area contributed by atoms with E-state index in [0.29, 0.717) is 126 Å². The van der Waals surface area contributed by atoms with Crippen molar-refractivity contribution < 1.29 is 85.6 Å². The van der Waals surface area contributed by atoms with Gasteiger partial charge in [0.1, 0.15) is 44.2 Å². The van der Waals surface area contributed by atoms with E-state index in [0.717, 1.165) is 101 Å². The van der Waals surface area contributed by atoms with Crippen LogP contribution in [0.2, 0.25) is 0 Å². The maximum Gasteiger partial charge on any atom is 0.231 e. The number of ether oxygens (including phenoxy) is 12. The Labute approximate surface area is 519 Å². The van der Waals surface area contributed by atoms with Gasteiger partial charge in [0.25, 0.3) is 0 Å². The molecule has 6 N–H and O–H groups in total. The minimum atomic E-state index is -2.96. The van der Waals surface area contributed by atoms with Crippen LogP contribution in [0.1, 0.15) is 103 Å². The normalized spacial score (nSPS) is 31.2. The number of nitrogens with one attached hydrogen (secondary N) is 3. The smallest absolute Gasteiger partial charge is 0.231 e. The van der Waals surface area contributed by atoms with Gasteiger partial charge in [-0.2, -0.15) is 0 Å². The van der Waals surface area contributed by atoms with Crippen LogP contribution < -0.4 is 72.1 Å². The van der Waals surface area contributed by atoms with E-state index < -0.39 is 24.8 Å². The molecule has 0 fully saturated rings. The molecule has 12 atom stereocenters. The average Bonchev–Trinajstić information content (AvgIpc) is 1.45. The second-order valence-corrected chi connectivity index (χ2v) is 30.8. The number of aliphatic hydroxyl groups excluding tert-OH is 3. The molecule has 9 aliphatic heterocycles. The maximum absolute atomic E-state index is 12.4. The Hall–Kier alpha value is -6.79. The topological polar surface area (TPSA) is 208 Å². The van der Waals surface area contributed by atoms with Gasteiger partial charge in [0.2, 0.25) is 40.8 Å². The third-order valence-electron chi connectivity index (χ3n) is 22.0. The van der Waals surface area contributed by atoms with Gasteiger partial charge < -0.3 is 85.6 Å². The Morgan fingerprint density at radius 1 is 0.382 bits per heavy atom. The average molecular weight is 1250 g/mol. The third-order valence-corrected chi connectivity index (χ3v) is 25.1. The van der Waals surface area contributed by atoms with Crippen LogP contribution in [0.15, 0.2) is 72.8 Å². The molecule has 12 aliphatic rings. The number of quaternary nitrogens is 3. The highest BCUT2D eigenvalue weighted by Gasteiger charge is 2.57. The number of aliphatic hydroxyl groups is 3. The quantitative estimate of drug-likeness (QED) is 0.0567. The highest BCUT2D eigenvalue weighted by molar-refractivity contribution is 8.11. The molecular formula is C66H72N6O15PS+3. The van der Waals surface area contributed by atoms with E-state index >= 15 is 0 Å². The summed E-state index contributed by atoms with van der Waals surface area (Å²) in [6.07, 6.45) is -0.622. The van der Waals surface area contributed by atoms with Crippen LogP contribution in [0.4, 0.5) is 0 Å². The Morgan fingerprint density at radius 3 is 0.955 bits per heavy atom. The first kappa shape index (κ1) is 55.1. The Balaban J connectivity index is 0.697. The van der Waals surface area contributed by atoms with Crippen LogP contribution in [-0.2, 0) is 50.7 Å². The molecule has 18 rings (SSSR count). The number of hydrogen-bond donors (Lipinski definition) is 6. The lowest BCUT2D eigenvalue weighted by molar-refractivity contribution is -0.956. The minimum absolute atomic E-state index is 0.142. The van der Waals surface area contributed by atoms with Crippen LogP contribution in [0, 0.1) is 0 Å². The van der Waals surface area contributed by atoms with Gasteiger partial charge >= 0.3 is 0 Å². The number of likely N-dealkylation sites (N-methyl/N-ethyl adjacent to an activating group) is 3. The van der Waals surface area contributed by atoms with Crippen molar-refractivity contribution >= 4 is 18.3 Å². The highest BCUT2D eigenvalue weighted by Crippen LogP contribution is 2.61. The summed E-state index contributed by atoms with van der Waals surface area (Å²) in [6, 6.07) is 24.5. The van der Waals surface area contributed by atoms with Gasteiger partial charge in [-0.05, 0) is 119 Å². The van der Waals surface area contributed by atoms with Crippen molar-refractivity contribution in [2.24, 2.45) is 0 Å². The molecule has 0 spiro atoms. The first-order valence-electron chi connectivity index (χ1n) is 31.1. The van der Waals surface area contributed by atoms with Crippen LogP contribution in [0.3, 0.4) is 0 Å². The van der Waals surface area contributed by atoms with Crippen LogP contribution in [0.25, 0.3) is 0 Å². The van der Waals surface area contributed by atoms with Crippen molar-refractivity contribution in [3.05, 3.63) is 140 Å². The van der Waals surface area contributed by atoms with Crippen molar-refractivity contribution in [3.63, 3.8) is 0 Å². The first-order valence-corrected chi connectivity index (χ1v) is 33.9. The van der Waals surface area contributed by atoms with Crippen molar-refractivity contribution in [3.8, 4) is 69.0 Å². The number of nitrogens with zero attached hydrogens (tertiary/aromatic N) is 3. The molecule has 0 bridgehead atoms. The fourth-order valence-corrected chi connectivity index (χ4v) is 20.5. The molecule has 89 heavy (non-hydrogen) atoms. The first-order chi connectivity index (χ1) is 43.2. The van der Waals surface area contributed by atoms with Crippen molar-refractivity contribution in [1.82, 2.24) is 15.3 Å². The summed E-state index contributed by atoms with van der Waals surface area (Å²) < 4.78 is 74.2. The standard InChI is InChI=1S/C66H72N6O15PS/c1-70(25-43-37(4-7-49-64(43)85-31-76-49)58-46(73)16-34-19-52-55(82-28-79-52)22-40(34)61(58)70)13-10-67-88(89,68-11-14-71(2)26-44-38(5-8-50-65(44)86-32-77-50)59-47(74)17-35-20-53-56(83-29-80-53)23-41(35)62(59)71)69-12-15-72(3)27-45-39(6-9-51-66(45)87-33-78-51)60-48(75)18-36-21-54-57(84-30-81-54)24-42(36)63(60)72/h4-9,19-24,46-48,58-63,73-75H,10-18,25-33H2,1-3H3,(H3,67,68,69,89)/q+3/t46-,47-,48-,58-,59-,60-,61+,62+,63+,70+,71?,72?,88?/m0/s1. The fourth-order valence-electron chi connectivity index (χ4n) is 18.1. The molecule has 464 valence electrons. The summed E-state index contributed by atoms with van der Waals surface area (Å²) in [7, 11) is 6.88. The summed E-state index contributed by atoms with van der Waals surface area (Å²) in [5.74, 6) is 7.90. The van der Waals surface area contributed by atoms with E-state index in [1.165, 1.54) is 0 Å². The monoisotopic (exact) mass is 1250 g/mol. The second kappa shape index (κ2) is 20.1. The van der Waals surface area contributed by atoms with Crippen LogP contribution in [-0.4, -0.2) is 148 Å². The molecule has 0 aromatic heterocycles. The van der Waals surface area contributed by atoms with Crippen LogP contribution >= 0.6 is 6.49 Å². The third kappa shape index (κ3) is 8.47. The van der Waals surface area contributed by atoms with E-state index in [2.05, 4.69) is 91.0 Å². The molecule has 6 aromatic rings. The molecule has 3 aliphatic carbocycles. The zero-order valence-corrected chi connectivity index (χ0v) is 51.5. The zero-order chi connectivity index (χ0) is 59.9. The molecule has 0 amide bonds.